The van der Waals surface area contributed by atoms with Gasteiger partial charge in [-0.2, -0.15) is 0 Å². The van der Waals surface area contributed by atoms with Crippen molar-refractivity contribution in [1.29, 1.82) is 0 Å². The van der Waals surface area contributed by atoms with E-state index in [0.717, 1.165) is 0 Å². The number of aryl methyl sites for hydroxylation is 1. The molecule has 1 aromatic heterocycles. The Morgan fingerprint density at radius 1 is 1.77 bits per heavy atom. The zero-order valence-electron chi connectivity index (χ0n) is 7.90. The maximum absolute atomic E-state index is 5.69. The summed E-state index contributed by atoms with van der Waals surface area (Å²) in [5.41, 5.74) is 5.69. The molecule has 0 aliphatic rings. The summed E-state index contributed by atoms with van der Waals surface area (Å²) >= 11 is 0. The Labute approximate surface area is 77.2 Å². The topological polar surface area (TPSA) is 65.4 Å². The molecule has 72 valence electrons. The standard InChI is InChI=1S/C8H14N4O/c1-12-5-3-11-8(12)7(9)10-4-6-13-2/h3,5H,4,6H2,1-2H3,(H2,9,10). The molecule has 0 saturated carbocycles. The SMILES string of the molecule is COCCN=C(N)c1nccn1C. The fourth-order valence-corrected chi connectivity index (χ4v) is 0.941. The number of aromatic nitrogens is 2. The van der Waals surface area contributed by atoms with Gasteiger partial charge in [-0.05, 0) is 0 Å². The number of amidine groups is 1. The first-order valence-corrected chi connectivity index (χ1v) is 4.02. The molecule has 5 heteroatoms. The molecule has 0 radical (unpaired) electrons. The van der Waals surface area contributed by atoms with Crippen LogP contribution in [-0.4, -0.2) is 35.6 Å². The van der Waals surface area contributed by atoms with Crippen LogP contribution in [0.5, 0.6) is 0 Å². The van der Waals surface area contributed by atoms with Crippen LogP contribution in [0, 0.1) is 0 Å². The van der Waals surface area contributed by atoms with Crippen molar-refractivity contribution in [3.63, 3.8) is 0 Å². The highest BCUT2D eigenvalue weighted by Crippen LogP contribution is 1.93. The van der Waals surface area contributed by atoms with Gasteiger partial charge < -0.3 is 15.0 Å². The highest BCUT2D eigenvalue weighted by atomic mass is 16.5. The van der Waals surface area contributed by atoms with Gasteiger partial charge in [0.2, 0.25) is 0 Å². The highest BCUT2D eigenvalue weighted by Gasteiger charge is 2.02. The largest absolute Gasteiger partial charge is 0.383 e. The van der Waals surface area contributed by atoms with Gasteiger partial charge in [0.25, 0.3) is 0 Å². The van der Waals surface area contributed by atoms with Crippen LogP contribution in [0.2, 0.25) is 0 Å². The molecule has 0 fully saturated rings. The van der Waals surface area contributed by atoms with Crippen LogP contribution in [0.25, 0.3) is 0 Å². The second-order valence-electron chi connectivity index (χ2n) is 2.62. The van der Waals surface area contributed by atoms with Gasteiger partial charge in [-0.25, -0.2) is 4.98 Å². The zero-order chi connectivity index (χ0) is 9.68. The molecule has 1 rings (SSSR count). The number of nitrogens with zero attached hydrogens (tertiary/aromatic N) is 3. The van der Waals surface area contributed by atoms with E-state index >= 15 is 0 Å². The van der Waals surface area contributed by atoms with Crippen molar-refractivity contribution in [2.24, 2.45) is 17.8 Å². The molecule has 0 aromatic carbocycles. The predicted octanol–water partition coefficient (Wildman–Crippen LogP) is -0.228. The molecule has 0 unspecified atom stereocenters. The number of methoxy groups -OCH3 is 1. The lowest BCUT2D eigenvalue weighted by atomic mass is 10.5. The molecule has 13 heavy (non-hydrogen) atoms. The molecule has 0 spiro atoms. The number of nitrogens with two attached hydrogens (primary N) is 1. The van der Waals surface area contributed by atoms with Crippen molar-refractivity contribution in [3.05, 3.63) is 18.2 Å². The van der Waals surface area contributed by atoms with Crippen LogP contribution in [-0.2, 0) is 11.8 Å². The molecule has 0 bridgehead atoms. The van der Waals surface area contributed by atoms with Gasteiger partial charge in [-0.3, -0.25) is 4.99 Å². The third-order valence-corrected chi connectivity index (χ3v) is 1.63. The van der Waals surface area contributed by atoms with E-state index in [0.29, 0.717) is 24.8 Å². The number of ether oxygens (including phenoxy) is 1. The van der Waals surface area contributed by atoms with Crippen molar-refractivity contribution in [1.82, 2.24) is 9.55 Å². The van der Waals surface area contributed by atoms with Gasteiger partial charge in [0.1, 0.15) is 0 Å². The average molecular weight is 182 g/mol. The van der Waals surface area contributed by atoms with Crippen LogP contribution in [0.3, 0.4) is 0 Å². The van der Waals surface area contributed by atoms with Crippen LogP contribution in [0.4, 0.5) is 0 Å². The van der Waals surface area contributed by atoms with E-state index in [1.165, 1.54) is 0 Å². The van der Waals surface area contributed by atoms with Crippen molar-refractivity contribution >= 4 is 5.84 Å². The summed E-state index contributed by atoms with van der Waals surface area (Å²) in [6.07, 6.45) is 3.52. The maximum atomic E-state index is 5.69. The lowest BCUT2D eigenvalue weighted by molar-refractivity contribution is 0.208. The lowest BCUT2D eigenvalue weighted by Crippen LogP contribution is -2.19. The van der Waals surface area contributed by atoms with Gasteiger partial charge in [0, 0.05) is 26.6 Å². The van der Waals surface area contributed by atoms with E-state index < -0.39 is 0 Å². The van der Waals surface area contributed by atoms with Crippen LogP contribution >= 0.6 is 0 Å². The lowest BCUT2D eigenvalue weighted by Gasteiger charge is -2.00. The fourth-order valence-electron chi connectivity index (χ4n) is 0.941. The van der Waals surface area contributed by atoms with Crippen molar-refractivity contribution in [3.8, 4) is 0 Å². The van der Waals surface area contributed by atoms with E-state index in [2.05, 4.69) is 9.98 Å². The summed E-state index contributed by atoms with van der Waals surface area (Å²) in [5.74, 6) is 1.14. The van der Waals surface area contributed by atoms with Crippen molar-refractivity contribution in [2.45, 2.75) is 0 Å². The highest BCUT2D eigenvalue weighted by molar-refractivity contribution is 5.94. The molecule has 0 atom stereocenters. The van der Waals surface area contributed by atoms with Gasteiger partial charge >= 0.3 is 0 Å². The first-order chi connectivity index (χ1) is 6.25. The maximum Gasteiger partial charge on any atom is 0.174 e. The van der Waals surface area contributed by atoms with Crippen molar-refractivity contribution < 1.29 is 4.74 Å². The fraction of sp³-hybridized carbons (Fsp3) is 0.500. The second kappa shape index (κ2) is 4.61. The third kappa shape index (κ3) is 2.55. The Morgan fingerprint density at radius 2 is 2.54 bits per heavy atom. The number of hydrogen-bond acceptors (Lipinski definition) is 3. The van der Waals surface area contributed by atoms with E-state index in [-0.39, 0.29) is 0 Å². The van der Waals surface area contributed by atoms with E-state index in [4.69, 9.17) is 10.5 Å². The van der Waals surface area contributed by atoms with Gasteiger partial charge in [0.05, 0.1) is 13.2 Å². The Balaban J connectivity index is 2.62. The summed E-state index contributed by atoms with van der Waals surface area (Å²) in [6.45, 7) is 1.14. The minimum Gasteiger partial charge on any atom is -0.383 e. The molecule has 0 saturated heterocycles. The normalized spacial score (nSPS) is 12.0. The zero-order valence-corrected chi connectivity index (χ0v) is 7.90. The monoisotopic (exact) mass is 182 g/mol. The minimum absolute atomic E-state index is 0.449. The van der Waals surface area contributed by atoms with E-state index in [9.17, 15) is 0 Å². The Kier molecular flexibility index (Phi) is 3.45. The summed E-state index contributed by atoms with van der Waals surface area (Å²) in [6, 6.07) is 0. The molecular weight excluding hydrogens is 168 g/mol. The van der Waals surface area contributed by atoms with Gasteiger partial charge in [0.15, 0.2) is 11.7 Å². The molecule has 5 nitrogen and oxygen atoms in total. The predicted molar refractivity (Wildman–Crippen MR) is 50.7 cm³/mol. The molecule has 1 aromatic rings. The minimum atomic E-state index is 0.449. The summed E-state index contributed by atoms with van der Waals surface area (Å²) in [4.78, 5) is 8.16. The Morgan fingerprint density at radius 3 is 3.08 bits per heavy atom. The summed E-state index contributed by atoms with van der Waals surface area (Å²) in [7, 11) is 3.51. The molecule has 1 heterocycles. The molecular formula is C8H14N4O. The molecule has 0 amide bonds. The van der Waals surface area contributed by atoms with E-state index in [1.807, 2.05) is 17.8 Å². The van der Waals surface area contributed by atoms with Crippen molar-refractivity contribution in [2.75, 3.05) is 20.3 Å². The quantitative estimate of drug-likeness (QED) is 0.397. The second-order valence-corrected chi connectivity index (χ2v) is 2.62. The molecule has 2 N–H and O–H groups in total. The van der Waals surface area contributed by atoms with Crippen LogP contribution in [0.1, 0.15) is 5.82 Å². The first kappa shape index (κ1) is 9.73. The number of hydrogen-bond donors (Lipinski definition) is 1. The number of imidazole rings is 1. The van der Waals surface area contributed by atoms with Gasteiger partial charge in [-0.1, -0.05) is 0 Å². The summed E-state index contributed by atoms with van der Waals surface area (Å²) in [5, 5.41) is 0. The molecule has 0 aliphatic heterocycles. The molecule has 0 aliphatic carbocycles. The van der Waals surface area contributed by atoms with Gasteiger partial charge in [-0.15, -0.1) is 0 Å². The average Bonchev–Trinajstić information content (AvgIpc) is 2.52. The Hall–Kier alpha value is -1.36. The first-order valence-electron chi connectivity index (χ1n) is 4.02. The smallest absolute Gasteiger partial charge is 0.174 e. The number of rotatable bonds is 4. The summed E-state index contributed by atoms with van der Waals surface area (Å²) < 4.78 is 6.68. The Bertz CT molecular complexity index is 292. The van der Waals surface area contributed by atoms with E-state index in [1.54, 1.807) is 13.3 Å². The number of aliphatic imine (C=N–C) groups is 1. The van der Waals surface area contributed by atoms with Crippen LogP contribution in [0.15, 0.2) is 17.4 Å². The third-order valence-electron chi connectivity index (χ3n) is 1.63. The van der Waals surface area contributed by atoms with Crippen LogP contribution < -0.4 is 5.73 Å².